The molecule has 1 fully saturated rings. The maximum atomic E-state index is 12.6. The highest BCUT2D eigenvalue weighted by Gasteiger charge is 2.28. The minimum absolute atomic E-state index is 0.234. The van der Waals surface area contributed by atoms with Crippen LogP contribution < -0.4 is 15.0 Å². The first-order valence-corrected chi connectivity index (χ1v) is 10.8. The number of ether oxygens (including phenoxy) is 2. The largest absolute Gasteiger partial charge is 0.490 e. The van der Waals surface area contributed by atoms with Crippen LogP contribution in [0.5, 0.6) is 11.5 Å². The number of H-pyrrole nitrogens is 1. The lowest BCUT2D eigenvalue weighted by Gasteiger charge is -2.25. The Morgan fingerprint density at radius 3 is 2.87 bits per heavy atom. The highest BCUT2D eigenvalue weighted by molar-refractivity contribution is 6.01. The Kier molecular flexibility index (Phi) is 4.42. The van der Waals surface area contributed by atoms with E-state index in [1.807, 2.05) is 30.3 Å². The molecule has 7 nitrogen and oxygen atoms in total. The van der Waals surface area contributed by atoms with Gasteiger partial charge in [0.2, 0.25) is 5.58 Å². The van der Waals surface area contributed by atoms with Gasteiger partial charge < -0.3 is 18.9 Å². The maximum absolute atomic E-state index is 12.6. The van der Waals surface area contributed by atoms with Crippen LogP contribution in [-0.2, 0) is 6.54 Å². The van der Waals surface area contributed by atoms with E-state index in [2.05, 4.69) is 22.0 Å². The fraction of sp³-hybridized carbons (Fsp3) is 0.333. The van der Waals surface area contributed by atoms with E-state index in [4.69, 9.17) is 18.9 Å². The minimum atomic E-state index is -0.234. The zero-order chi connectivity index (χ0) is 20.8. The highest BCUT2D eigenvalue weighted by Crippen LogP contribution is 2.38. The van der Waals surface area contributed by atoms with E-state index in [0.29, 0.717) is 36.7 Å². The molecule has 1 N–H and O–H groups in total. The van der Waals surface area contributed by atoms with Gasteiger partial charge >= 0.3 is 0 Å². The van der Waals surface area contributed by atoms with Gasteiger partial charge in [-0.15, -0.1) is 0 Å². The minimum Gasteiger partial charge on any atom is -0.490 e. The van der Waals surface area contributed by atoms with Gasteiger partial charge in [-0.1, -0.05) is 18.2 Å². The van der Waals surface area contributed by atoms with E-state index in [9.17, 15) is 4.79 Å². The summed E-state index contributed by atoms with van der Waals surface area (Å²) < 4.78 is 17.4. The molecule has 0 saturated carbocycles. The van der Waals surface area contributed by atoms with E-state index >= 15 is 0 Å². The molecule has 0 spiro atoms. The number of hydrogen-bond donors (Lipinski definition) is 1. The summed E-state index contributed by atoms with van der Waals surface area (Å²) in [5.41, 5.74) is 2.56. The average Bonchev–Trinajstić information content (AvgIpc) is 3.31. The van der Waals surface area contributed by atoms with Crippen molar-refractivity contribution in [1.29, 1.82) is 0 Å². The molecule has 0 amide bonds. The van der Waals surface area contributed by atoms with Crippen LogP contribution in [0.3, 0.4) is 0 Å². The van der Waals surface area contributed by atoms with Gasteiger partial charge in [0.05, 0.1) is 19.8 Å². The number of hydrogen-bond acceptors (Lipinski definition) is 6. The van der Waals surface area contributed by atoms with E-state index in [1.54, 1.807) is 0 Å². The van der Waals surface area contributed by atoms with Crippen LogP contribution in [-0.4, -0.2) is 34.6 Å². The molecule has 0 radical (unpaired) electrons. The summed E-state index contributed by atoms with van der Waals surface area (Å²) in [4.78, 5) is 22.7. The number of nitrogens with one attached hydrogen (secondary N) is 1. The molecule has 7 heteroatoms. The van der Waals surface area contributed by atoms with Gasteiger partial charge in [-0.2, -0.15) is 0 Å². The number of nitrogens with zero attached hydrogens (tertiary/aromatic N) is 2. The number of benzene rings is 2. The summed E-state index contributed by atoms with van der Waals surface area (Å²) in [5.74, 6) is 2.29. The van der Waals surface area contributed by atoms with Gasteiger partial charge in [-0.25, -0.2) is 4.98 Å². The van der Waals surface area contributed by atoms with Crippen molar-refractivity contribution in [1.82, 2.24) is 14.9 Å². The van der Waals surface area contributed by atoms with E-state index < -0.39 is 0 Å². The number of furan rings is 1. The first-order chi connectivity index (χ1) is 15.3. The van der Waals surface area contributed by atoms with E-state index in [-0.39, 0.29) is 17.2 Å². The van der Waals surface area contributed by atoms with Crippen LogP contribution in [0.4, 0.5) is 0 Å². The molecule has 4 heterocycles. The number of likely N-dealkylation sites (tertiary alicyclic amines) is 1. The molecule has 4 aromatic rings. The molecule has 1 saturated heterocycles. The second-order valence-electron chi connectivity index (χ2n) is 8.17. The second kappa shape index (κ2) is 7.42. The number of aromatic amines is 1. The van der Waals surface area contributed by atoms with Gasteiger partial charge in [0.25, 0.3) is 5.56 Å². The Labute approximate surface area is 178 Å². The summed E-state index contributed by atoms with van der Waals surface area (Å²) in [6.07, 6.45) is 3.05. The lowest BCUT2D eigenvalue weighted by Crippen LogP contribution is -2.25. The first kappa shape index (κ1) is 18.4. The van der Waals surface area contributed by atoms with Crippen molar-refractivity contribution in [2.24, 2.45) is 0 Å². The van der Waals surface area contributed by atoms with Crippen molar-refractivity contribution in [2.45, 2.75) is 31.8 Å². The van der Waals surface area contributed by atoms with Crippen LogP contribution in [0.1, 0.15) is 36.7 Å². The topological polar surface area (TPSA) is 80.6 Å². The summed E-state index contributed by atoms with van der Waals surface area (Å²) in [7, 11) is 0. The molecule has 2 aliphatic heterocycles. The monoisotopic (exact) mass is 417 g/mol. The standard InChI is InChI=1S/C24H23N3O4/c28-24-23-22(16-5-1-2-7-18(16)31-23)25-21(26-24)14-27-10-3-6-17(27)15-8-9-19-20(13-15)30-12-4-11-29-19/h1-2,5,7-9,13,17H,3-4,6,10-12,14H2,(H,25,26,28)/t17-/m1/s1. The molecule has 0 unspecified atom stereocenters. The second-order valence-corrected chi connectivity index (χ2v) is 8.17. The molecule has 31 heavy (non-hydrogen) atoms. The lowest BCUT2D eigenvalue weighted by atomic mass is 10.0. The fourth-order valence-corrected chi connectivity index (χ4v) is 4.69. The predicted octanol–water partition coefficient (Wildman–Crippen LogP) is 4.17. The molecular weight excluding hydrogens is 394 g/mol. The Bertz CT molecular complexity index is 1330. The quantitative estimate of drug-likeness (QED) is 0.539. The van der Waals surface area contributed by atoms with Gasteiger partial charge in [0.15, 0.2) is 11.5 Å². The molecule has 2 aliphatic rings. The maximum Gasteiger partial charge on any atom is 0.294 e. The molecular formula is C24H23N3O4. The van der Waals surface area contributed by atoms with Crippen LogP contribution in [0, 0.1) is 0 Å². The van der Waals surface area contributed by atoms with Crippen LogP contribution in [0.2, 0.25) is 0 Å². The number of para-hydroxylation sites is 1. The summed E-state index contributed by atoms with van der Waals surface area (Å²) in [6, 6.07) is 14.1. The third-order valence-electron chi connectivity index (χ3n) is 6.15. The Morgan fingerprint density at radius 1 is 1.06 bits per heavy atom. The van der Waals surface area contributed by atoms with Crippen LogP contribution in [0.25, 0.3) is 22.1 Å². The van der Waals surface area contributed by atoms with Crippen LogP contribution >= 0.6 is 0 Å². The van der Waals surface area contributed by atoms with Gasteiger partial charge in [-0.05, 0) is 49.2 Å². The third kappa shape index (κ3) is 3.25. The smallest absolute Gasteiger partial charge is 0.294 e. The number of aromatic nitrogens is 2. The fourth-order valence-electron chi connectivity index (χ4n) is 4.69. The molecule has 158 valence electrons. The normalized spacial score (nSPS) is 19.2. The summed E-state index contributed by atoms with van der Waals surface area (Å²) in [6.45, 7) is 2.89. The van der Waals surface area contributed by atoms with Gasteiger partial charge in [0.1, 0.15) is 16.9 Å². The van der Waals surface area contributed by atoms with Crippen molar-refractivity contribution in [3.05, 3.63) is 64.2 Å². The zero-order valence-electron chi connectivity index (χ0n) is 17.1. The number of fused-ring (bicyclic) bond motifs is 4. The third-order valence-corrected chi connectivity index (χ3v) is 6.15. The SMILES string of the molecule is O=c1[nH]c(CN2CCC[C@@H]2c2ccc3c(c2)OCCCO3)nc2c1oc1ccccc12. The summed E-state index contributed by atoms with van der Waals surface area (Å²) in [5, 5.41) is 0.866. The average molecular weight is 417 g/mol. The van der Waals surface area contributed by atoms with Crippen molar-refractivity contribution in [2.75, 3.05) is 19.8 Å². The summed E-state index contributed by atoms with van der Waals surface area (Å²) >= 11 is 0. The predicted molar refractivity (Wildman–Crippen MR) is 117 cm³/mol. The number of rotatable bonds is 3. The molecule has 1 atom stereocenters. The Balaban J connectivity index is 1.32. The lowest BCUT2D eigenvalue weighted by molar-refractivity contribution is 0.241. The molecule has 2 aromatic carbocycles. The molecule has 0 aliphatic carbocycles. The van der Waals surface area contributed by atoms with Crippen molar-refractivity contribution < 1.29 is 13.9 Å². The highest BCUT2D eigenvalue weighted by atomic mass is 16.5. The van der Waals surface area contributed by atoms with Crippen molar-refractivity contribution in [3.63, 3.8) is 0 Å². The zero-order valence-corrected chi connectivity index (χ0v) is 17.1. The van der Waals surface area contributed by atoms with Gasteiger partial charge in [-0.3, -0.25) is 9.69 Å². The van der Waals surface area contributed by atoms with Crippen molar-refractivity contribution >= 4 is 22.1 Å². The van der Waals surface area contributed by atoms with Crippen LogP contribution in [0.15, 0.2) is 51.7 Å². The Morgan fingerprint density at radius 2 is 1.94 bits per heavy atom. The van der Waals surface area contributed by atoms with Crippen molar-refractivity contribution in [3.8, 4) is 11.5 Å². The Hall–Kier alpha value is -3.32. The van der Waals surface area contributed by atoms with Gasteiger partial charge in [0, 0.05) is 17.8 Å². The molecule has 6 rings (SSSR count). The first-order valence-electron chi connectivity index (χ1n) is 10.8. The molecule has 2 aromatic heterocycles. The molecule has 0 bridgehead atoms. The van der Waals surface area contributed by atoms with E-state index in [0.717, 1.165) is 42.7 Å². The van der Waals surface area contributed by atoms with E-state index in [1.165, 1.54) is 5.56 Å².